The number of nitrogens with two attached hydrogens (primary N) is 1. The molecule has 1 aromatic rings. The Bertz CT molecular complexity index is 406. The Hall–Kier alpha value is -1.24. The minimum atomic E-state index is -0.490. The molecule has 1 saturated heterocycles. The van der Waals surface area contributed by atoms with Crippen molar-refractivity contribution in [1.82, 2.24) is 9.97 Å². The van der Waals surface area contributed by atoms with E-state index in [4.69, 9.17) is 19.9 Å². The van der Waals surface area contributed by atoms with Gasteiger partial charge >= 0.3 is 0 Å². The van der Waals surface area contributed by atoms with E-state index in [2.05, 4.69) is 9.97 Å². The lowest BCUT2D eigenvalue weighted by atomic mass is 9.93. The number of nitrogen functional groups attached to an aromatic ring is 1. The SMILES string of the molecule is COCc1cc(N)nc(C2(OC)CCOCC2)n1. The molecule has 1 aliphatic heterocycles. The van der Waals surface area contributed by atoms with Gasteiger partial charge in [0.1, 0.15) is 11.4 Å². The van der Waals surface area contributed by atoms with Gasteiger partial charge in [0.2, 0.25) is 0 Å². The van der Waals surface area contributed by atoms with Crippen LogP contribution in [-0.4, -0.2) is 37.4 Å². The summed E-state index contributed by atoms with van der Waals surface area (Å²) >= 11 is 0. The molecule has 1 aliphatic rings. The average molecular weight is 253 g/mol. The van der Waals surface area contributed by atoms with Gasteiger partial charge in [-0.25, -0.2) is 9.97 Å². The zero-order chi connectivity index (χ0) is 13.0. The van der Waals surface area contributed by atoms with Crippen LogP contribution in [0.4, 0.5) is 5.82 Å². The molecule has 0 saturated carbocycles. The van der Waals surface area contributed by atoms with Crippen molar-refractivity contribution in [3.05, 3.63) is 17.6 Å². The second-order valence-electron chi connectivity index (χ2n) is 4.35. The van der Waals surface area contributed by atoms with Gasteiger partial charge in [0.05, 0.1) is 12.3 Å². The van der Waals surface area contributed by atoms with Crippen molar-refractivity contribution in [1.29, 1.82) is 0 Å². The van der Waals surface area contributed by atoms with Crippen molar-refractivity contribution in [2.45, 2.75) is 25.0 Å². The molecule has 2 rings (SSSR count). The predicted octanol–water partition coefficient (Wildman–Crippen LogP) is 0.857. The summed E-state index contributed by atoms with van der Waals surface area (Å²) in [6.45, 7) is 1.70. The number of aromatic nitrogens is 2. The van der Waals surface area contributed by atoms with Crippen LogP contribution in [-0.2, 0) is 26.4 Å². The van der Waals surface area contributed by atoms with Crippen LogP contribution in [0.25, 0.3) is 0 Å². The van der Waals surface area contributed by atoms with Gasteiger partial charge in [-0.3, -0.25) is 0 Å². The van der Waals surface area contributed by atoms with Crippen LogP contribution in [0, 0.1) is 0 Å². The molecule has 100 valence electrons. The molecule has 0 atom stereocenters. The quantitative estimate of drug-likeness (QED) is 0.857. The molecule has 0 aliphatic carbocycles. The maximum Gasteiger partial charge on any atom is 0.163 e. The van der Waals surface area contributed by atoms with Crippen LogP contribution >= 0.6 is 0 Å². The average Bonchev–Trinajstić information content (AvgIpc) is 2.39. The molecule has 6 heteroatoms. The Morgan fingerprint density at radius 1 is 1.33 bits per heavy atom. The zero-order valence-corrected chi connectivity index (χ0v) is 10.8. The maximum atomic E-state index is 5.82. The number of anilines is 1. The largest absolute Gasteiger partial charge is 0.384 e. The van der Waals surface area contributed by atoms with Crippen LogP contribution in [0.1, 0.15) is 24.4 Å². The smallest absolute Gasteiger partial charge is 0.163 e. The van der Waals surface area contributed by atoms with Crippen LogP contribution < -0.4 is 5.73 Å². The van der Waals surface area contributed by atoms with Crippen LogP contribution in [0.5, 0.6) is 0 Å². The molecule has 1 aromatic heterocycles. The highest BCUT2D eigenvalue weighted by Gasteiger charge is 2.37. The molecule has 1 fully saturated rings. The van der Waals surface area contributed by atoms with Gasteiger partial charge in [0.25, 0.3) is 0 Å². The molecule has 6 nitrogen and oxygen atoms in total. The second-order valence-corrected chi connectivity index (χ2v) is 4.35. The number of hydrogen-bond donors (Lipinski definition) is 1. The van der Waals surface area contributed by atoms with Crippen molar-refractivity contribution >= 4 is 5.82 Å². The van der Waals surface area contributed by atoms with Crippen LogP contribution in [0.2, 0.25) is 0 Å². The van der Waals surface area contributed by atoms with E-state index < -0.39 is 5.60 Å². The summed E-state index contributed by atoms with van der Waals surface area (Å²) < 4.78 is 16.1. The van der Waals surface area contributed by atoms with E-state index in [1.807, 2.05) is 0 Å². The molecule has 2 heterocycles. The third kappa shape index (κ3) is 2.60. The second kappa shape index (κ2) is 5.60. The fourth-order valence-corrected chi connectivity index (χ4v) is 2.16. The summed E-state index contributed by atoms with van der Waals surface area (Å²) in [4.78, 5) is 8.81. The van der Waals surface area contributed by atoms with Crippen LogP contribution in [0.3, 0.4) is 0 Å². The third-order valence-electron chi connectivity index (χ3n) is 3.19. The van der Waals surface area contributed by atoms with Crippen molar-refractivity contribution in [2.75, 3.05) is 33.2 Å². The predicted molar refractivity (Wildman–Crippen MR) is 65.9 cm³/mol. The van der Waals surface area contributed by atoms with E-state index in [0.717, 1.165) is 18.5 Å². The van der Waals surface area contributed by atoms with Gasteiger partial charge in [0.15, 0.2) is 5.82 Å². The molecule has 0 aromatic carbocycles. The normalized spacial score (nSPS) is 18.8. The van der Waals surface area contributed by atoms with Crippen molar-refractivity contribution in [2.24, 2.45) is 0 Å². The van der Waals surface area contributed by atoms with E-state index in [1.54, 1.807) is 20.3 Å². The summed E-state index contributed by atoms with van der Waals surface area (Å²) in [5.74, 6) is 1.07. The zero-order valence-electron chi connectivity index (χ0n) is 10.8. The van der Waals surface area contributed by atoms with Gasteiger partial charge in [-0.05, 0) is 0 Å². The molecule has 0 spiro atoms. The highest BCUT2D eigenvalue weighted by atomic mass is 16.5. The Kier molecular flexibility index (Phi) is 4.11. The van der Waals surface area contributed by atoms with Crippen molar-refractivity contribution in [3.8, 4) is 0 Å². The van der Waals surface area contributed by atoms with E-state index in [9.17, 15) is 0 Å². The molecular weight excluding hydrogens is 234 g/mol. The molecule has 2 N–H and O–H groups in total. The Morgan fingerprint density at radius 3 is 2.67 bits per heavy atom. The van der Waals surface area contributed by atoms with Gasteiger partial charge in [-0.2, -0.15) is 0 Å². The summed E-state index contributed by atoms with van der Waals surface area (Å²) in [5, 5.41) is 0. The monoisotopic (exact) mass is 253 g/mol. The van der Waals surface area contributed by atoms with Gasteiger partial charge in [0, 0.05) is 46.3 Å². The first-order valence-corrected chi connectivity index (χ1v) is 5.96. The van der Waals surface area contributed by atoms with Crippen LogP contribution in [0.15, 0.2) is 6.07 Å². The van der Waals surface area contributed by atoms with Gasteiger partial charge in [-0.1, -0.05) is 0 Å². The van der Waals surface area contributed by atoms with E-state index in [-0.39, 0.29) is 0 Å². The number of methoxy groups -OCH3 is 2. The molecule has 0 unspecified atom stereocenters. The van der Waals surface area contributed by atoms with E-state index >= 15 is 0 Å². The minimum Gasteiger partial charge on any atom is -0.384 e. The summed E-state index contributed by atoms with van der Waals surface area (Å²) in [5.41, 5.74) is 6.09. The summed E-state index contributed by atoms with van der Waals surface area (Å²) in [7, 11) is 3.30. The number of rotatable bonds is 4. The van der Waals surface area contributed by atoms with E-state index in [1.165, 1.54) is 0 Å². The Morgan fingerprint density at radius 2 is 2.06 bits per heavy atom. The first-order valence-electron chi connectivity index (χ1n) is 5.96. The maximum absolute atomic E-state index is 5.82. The topological polar surface area (TPSA) is 79.5 Å². The number of nitrogens with zero attached hydrogens (tertiary/aromatic N) is 2. The Labute approximate surface area is 106 Å². The third-order valence-corrected chi connectivity index (χ3v) is 3.19. The van der Waals surface area contributed by atoms with Gasteiger partial charge in [-0.15, -0.1) is 0 Å². The first kappa shape index (κ1) is 13.2. The number of ether oxygens (including phenoxy) is 3. The fourth-order valence-electron chi connectivity index (χ4n) is 2.16. The molecular formula is C12H19N3O3. The summed E-state index contributed by atoms with van der Waals surface area (Å²) in [6, 6.07) is 1.72. The molecule has 0 radical (unpaired) electrons. The molecule has 0 amide bonds. The van der Waals surface area contributed by atoms with Crippen molar-refractivity contribution in [3.63, 3.8) is 0 Å². The lowest BCUT2D eigenvalue weighted by Crippen LogP contribution is -2.37. The van der Waals surface area contributed by atoms with E-state index in [0.29, 0.717) is 31.5 Å². The minimum absolute atomic E-state index is 0.413. The lowest BCUT2D eigenvalue weighted by molar-refractivity contribution is -0.100. The number of hydrogen-bond acceptors (Lipinski definition) is 6. The van der Waals surface area contributed by atoms with Gasteiger partial charge < -0.3 is 19.9 Å². The molecule has 0 bridgehead atoms. The summed E-state index contributed by atoms with van der Waals surface area (Å²) in [6.07, 6.45) is 1.47. The first-order chi connectivity index (χ1) is 8.70. The Balaban J connectivity index is 2.34. The van der Waals surface area contributed by atoms with Crippen molar-refractivity contribution < 1.29 is 14.2 Å². The standard InChI is InChI=1S/C12H19N3O3/c1-16-8-9-7-10(13)15-11(14-9)12(17-2)3-5-18-6-4-12/h7H,3-6,8H2,1-2H3,(H2,13,14,15). The highest BCUT2D eigenvalue weighted by molar-refractivity contribution is 5.31. The highest BCUT2D eigenvalue weighted by Crippen LogP contribution is 2.33. The fraction of sp³-hybridized carbons (Fsp3) is 0.667. The lowest BCUT2D eigenvalue weighted by Gasteiger charge is -2.34. The molecule has 18 heavy (non-hydrogen) atoms.